The van der Waals surface area contributed by atoms with Crippen molar-refractivity contribution in [1.82, 2.24) is 9.55 Å². The number of nitriles is 1. The predicted octanol–water partition coefficient (Wildman–Crippen LogP) is 3.20. The van der Waals surface area contributed by atoms with Crippen molar-refractivity contribution in [3.05, 3.63) is 34.6 Å². The molecule has 0 radical (unpaired) electrons. The summed E-state index contributed by atoms with van der Waals surface area (Å²) in [7, 11) is 0. The lowest BCUT2D eigenvalue weighted by atomic mass is 10.2. The van der Waals surface area contributed by atoms with Gasteiger partial charge in [-0.1, -0.05) is 23.9 Å². The fraction of sp³-hybridized carbons (Fsp3) is 0.400. The maximum atomic E-state index is 12.4. The van der Waals surface area contributed by atoms with Crippen LogP contribution in [0.4, 0.5) is 0 Å². The van der Waals surface area contributed by atoms with Crippen LogP contribution in [0, 0.1) is 11.3 Å². The molecule has 0 N–H and O–H groups in total. The molecule has 0 bridgehead atoms. The lowest BCUT2D eigenvalue weighted by molar-refractivity contribution is 0.634. The van der Waals surface area contributed by atoms with Crippen LogP contribution < -0.4 is 5.56 Å². The van der Waals surface area contributed by atoms with Gasteiger partial charge in [0.05, 0.1) is 17.0 Å². The van der Waals surface area contributed by atoms with Gasteiger partial charge < -0.3 is 0 Å². The van der Waals surface area contributed by atoms with Crippen LogP contribution in [0.1, 0.15) is 26.2 Å². The zero-order valence-corrected chi connectivity index (χ0v) is 12.3. The fourth-order valence-corrected chi connectivity index (χ4v) is 3.07. The molecular formula is C15H17N3OS. The number of para-hydroxylation sites is 1. The van der Waals surface area contributed by atoms with E-state index in [2.05, 4.69) is 11.1 Å². The average molecular weight is 287 g/mol. The number of aromatic nitrogens is 2. The zero-order valence-electron chi connectivity index (χ0n) is 11.5. The van der Waals surface area contributed by atoms with Crippen molar-refractivity contribution in [3.8, 4) is 6.07 Å². The van der Waals surface area contributed by atoms with E-state index in [0.717, 1.165) is 29.3 Å². The van der Waals surface area contributed by atoms with Gasteiger partial charge in [0.2, 0.25) is 0 Å². The van der Waals surface area contributed by atoms with E-state index in [1.807, 2.05) is 31.2 Å². The minimum Gasteiger partial charge on any atom is -0.287 e. The van der Waals surface area contributed by atoms with Gasteiger partial charge >= 0.3 is 0 Å². The zero-order chi connectivity index (χ0) is 14.4. The van der Waals surface area contributed by atoms with Gasteiger partial charge in [-0.2, -0.15) is 5.26 Å². The van der Waals surface area contributed by atoms with Crippen LogP contribution in [0.3, 0.4) is 0 Å². The topological polar surface area (TPSA) is 58.7 Å². The first-order chi connectivity index (χ1) is 9.77. The molecule has 104 valence electrons. The van der Waals surface area contributed by atoms with Crippen LogP contribution >= 0.6 is 11.8 Å². The highest BCUT2D eigenvalue weighted by Gasteiger charge is 2.09. The third kappa shape index (κ3) is 3.20. The average Bonchev–Trinajstić information content (AvgIpc) is 2.47. The molecule has 1 aromatic heterocycles. The van der Waals surface area contributed by atoms with Crippen molar-refractivity contribution in [3.63, 3.8) is 0 Å². The van der Waals surface area contributed by atoms with Gasteiger partial charge in [-0.05, 0) is 31.9 Å². The molecule has 0 saturated carbocycles. The molecule has 0 amide bonds. The summed E-state index contributed by atoms with van der Waals surface area (Å²) in [6, 6.07) is 9.59. The van der Waals surface area contributed by atoms with E-state index in [1.54, 1.807) is 16.3 Å². The van der Waals surface area contributed by atoms with Crippen molar-refractivity contribution < 1.29 is 0 Å². The molecule has 0 aliphatic heterocycles. The molecule has 0 aliphatic carbocycles. The first-order valence-electron chi connectivity index (χ1n) is 6.77. The maximum absolute atomic E-state index is 12.4. The largest absolute Gasteiger partial charge is 0.287 e. The summed E-state index contributed by atoms with van der Waals surface area (Å²) in [5.41, 5.74) is 0.777. The van der Waals surface area contributed by atoms with Crippen LogP contribution in [0.15, 0.2) is 34.2 Å². The number of unbranched alkanes of at least 4 members (excludes halogenated alkanes) is 2. The second-order valence-electron chi connectivity index (χ2n) is 4.42. The van der Waals surface area contributed by atoms with E-state index >= 15 is 0 Å². The number of benzene rings is 1. The van der Waals surface area contributed by atoms with Crippen LogP contribution in [-0.2, 0) is 6.54 Å². The van der Waals surface area contributed by atoms with Crippen molar-refractivity contribution in [2.24, 2.45) is 0 Å². The quantitative estimate of drug-likeness (QED) is 0.465. The first kappa shape index (κ1) is 14.6. The van der Waals surface area contributed by atoms with Gasteiger partial charge in [-0.25, -0.2) is 4.98 Å². The number of fused-ring (bicyclic) bond motifs is 1. The molecule has 20 heavy (non-hydrogen) atoms. The Morgan fingerprint density at radius 2 is 2.15 bits per heavy atom. The van der Waals surface area contributed by atoms with Gasteiger partial charge in [-0.15, -0.1) is 0 Å². The molecular weight excluding hydrogens is 270 g/mol. The Kier molecular flexibility index (Phi) is 5.19. The van der Waals surface area contributed by atoms with Crippen LogP contribution in [0.2, 0.25) is 0 Å². The van der Waals surface area contributed by atoms with Crippen LogP contribution in [0.25, 0.3) is 10.9 Å². The summed E-state index contributed by atoms with van der Waals surface area (Å²) >= 11 is 1.59. The Bertz CT molecular complexity index is 688. The lowest BCUT2D eigenvalue weighted by Crippen LogP contribution is -2.22. The summed E-state index contributed by atoms with van der Waals surface area (Å²) in [6.45, 7) is 2.58. The minimum absolute atomic E-state index is 0.0256. The molecule has 4 nitrogen and oxygen atoms in total. The third-order valence-electron chi connectivity index (χ3n) is 3.06. The molecule has 1 aromatic carbocycles. The van der Waals surface area contributed by atoms with Crippen molar-refractivity contribution in [1.29, 1.82) is 5.26 Å². The van der Waals surface area contributed by atoms with Crippen molar-refractivity contribution in [2.75, 3.05) is 5.75 Å². The van der Waals surface area contributed by atoms with Gasteiger partial charge in [0.15, 0.2) is 5.16 Å². The Morgan fingerprint density at radius 1 is 1.35 bits per heavy atom. The summed E-state index contributed by atoms with van der Waals surface area (Å²) in [6.07, 6.45) is 2.45. The number of thioether (sulfide) groups is 1. The Labute approximate surface area is 122 Å². The number of hydrogen-bond acceptors (Lipinski definition) is 4. The highest BCUT2D eigenvalue weighted by atomic mass is 32.2. The lowest BCUT2D eigenvalue weighted by Gasteiger charge is -2.10. The maximum Gasteiger partial charge on any atom is 0.262 e. The van der Waals surface area contributed by atoms with E-state index < -0.39 is 0 Å². The van der Waals surface area contributed by atoms with E-state index in [0.29, 0.717) is 18.4 Å². The van der Waals surface area contributed by atoms with Crippen molar-refractivity contribution in [2.45, 2.75) is 37.9 Å². The normalized spacial score (nSPS) is 10.6. The number of nitrogens with zero attached hydrogens (tertiary/aromatic N) is 3. The molecule has 5 heteroatoms. The van der Waals surface area contributed by atoms with Crippen LogP contribution in [-0.4, -0.2) is 15.3 Å². The molecule has 0 unspecified atom stereocenters. The van der Waals surface area contributed by atoms with Gasteiger partial charge in [0, 0.05) is 18.7 Å². The molecule has 0 saturated heterocycles. The molecule has 0 fully saturated rings. The minimum atomic E-state index is 0.0256. The summed E-state index contributed by atoms with van der Waals surface area (Å²) in [5, 5.41) is 9.95. The second kappa shape index (κ2) is 7.11. The summed E-state index contributed by atoms with van der Waals surface area (Å²) in [4.78, 5) is 17.0. The first-order valence-corrected chi connectivity index (χ1v) is 7.75. The SMILES string of the molecule is CCn1c(SCCCCC#N)nc2ccccc2c1=O. The number of rotatable bonds is 6. The highest BCUT2D eigenvalue weighted by molar-refractivity contribution is 7.99. The van der Waals surface area contributed by atoms with Gasteiger partial charge in [0.25, 0.3) is 5.56 Å². The van der Waals surface area contributed by atoms with E-state index in [9.17, 15) is 4.79 Å². The standard InChI is InChI=1S/C15H17N3OS/c1-2-18-14(19)12-8-4-5-9-13(12)17-15(18)20-11-7-3-6-10-16/h4-5,8-9H,2-3,6-7,11H2,1H3. The van der Waals surface area contributed by atoms with E-state index in [-0.39, 0.29) is 5.56 Å². The molecule has 0 spiro atoms. The smallest absolute Gasteiger partial charge is 0.262 e. The molecule has 2 rings (SSSR count). The Balaban J connectivity index is 2.24. The van der Waals surface area contributed by atoms with E-state index in [4.69, 9.17) is 5.26 Å². The monoisotopic (exact) mass is 287 g/mol. The summed E-state index contributed by atoms with van der Waals surface area (Å²) in [5.74, 6) is 0.881. The van der Waals surface area contributed by atoms with Gasteiger partial charge in [-0.3, -0.25) is 9.36 Å². The molecule has 0 aliphatic rings. The number of hydrogen-bond donors (Lipinski definition) is 0. The predicted molar refractivity (Wildman–Crippen MR) is 81.9 cm³/mol. The fourth-order valence-electron chi connectivity index (χ4n) is 2.01. The molecule has 1 heterocycles. The van der Waals surface area contributed by atoms with Crippen molar-refractivity contribution >= 4 is 22.7 Å². The Morgan fingerprint density at radius 3 is 2.90 bits per heavy atom. The second-order valence-corrected chi connectivity index (χ2v) is 5.49. The van der Waals surface area contributed by atoms with E-state index in [1.165, 1.54) is 0 Å². The molecule has 0 atom stereocenters. The summed E-state index contributed by atoms with van der Waals surface area (Å²) < 4.78 is 1.72. The van der Waals surface area contributed by atoms with Crippen LogP contribution in [0.5, 0.6) is 0 Å². The third-order valence-corrected chi connectivity index (χ3v) is 4.12. The highest BCUT2D eigenvalue weighted by Crippen LogP contribution is 2.19. The van der Waals surface area contributed by atoms with Gasteiger partial charge in [0.1, 0.15) is 0 Å². The Hall–Kier alpha value is -1.80. The molecule has 2 aromatic rings.